The lowest BCUT2D eigenvalue weighted by Crippen LogP contribution is -2.23. The molecule has 0 unspecified atom stereocenters. The molecule has 1 heterocycles. The zero-order valence-corrected chi connectivity index (χ0v) is 22.0. The Bertz CT molecular complexity index is 1980. The molecule has 6 aromatic rings. The summed E-state index contributed by atoms with van der Waals surface area (Å²) in [7, 11) is 0. The molecule has 41 heavy (non-hydrogen) atoms. The highest BCUT2D eigenvalue weighted by Gasteiger charge is 2.17. The van der Waals surface area contributed by atoms with Gasteiger partial charge in [-0.15, -0.1) is 0 Å². The third kappa shape index (κ3) is 5.29. The number of benzene rings is 5. The van der Waals surface area contributed by atoms with E-state index in [1.54, 1.807) is 18.2 Å². The smallest absolute Gasteiger partial charge is 0.335 e. The second-order valence-corrected chi connectivity index (χ2v) is 9.96. The van der Waals surface area contributed by atoms with Gasteiger partial charge in [-0.3, -0.25) is 4.79 Å². The van der Waals surface area contributed by atoms with Gasteiger partial charge in [0.05, 0.1) is 28.3 Å². The maximum Gasteiger partial charge on any atom is 0.335 e. The molecule has 5 aromatic carbocycles. The van der Waals surface area contributed by atoms with Crippen molar-refractivity contribution in [1.29, 1.82) is 5.26 Å². The fourth-order valence-corrected chi connectivity index (χ4v) is 5.17. The highest BCUT2D eigenvalue weighted by atomic mass is 16.4. The topological polar surface area (TPSA) is 95.1 Å². The van der Waals surface area contributed by atoms with Gasteiger partial charge < -0.3 is 15.0 Å². The molecule has 0 bridgehead atoms. The van der Waals surface area contributed by atoms with Crippen molar-refractivity contribution in [2.75, 3.05) is 0 Å². The van der Waals surface area contributed by atoms with Gasteiger partial charge in [0.2, 0.25) is 0 Å². The summed E-state index contributed by atoms with van der Waals surface area (Å²) in [6.07, 6.45) is 2.00. The van der Waals surface area contributed by atoms with Gasteiger partial charge in [-0.2, -0.15) is 5.26 Å². The number of amides is 1. The van der Waals surface area contributed by atoms with Crippen molar-refractivity contribution in [3.63, 3.8) is 0 Å². The summed E-state index contributed by atoms with van der Waals surface area (Å²) >= 11 is 0. The first-order chi connectivity index (χ1) is 20.0. The van der Waals surface area contributed by atoms with Crippen LogP contribution in [-0.4, -0.2) is 21.6 Å². The minimum absolute atomic E-state index is 0.195. The molecule has 0 atom stereocenters. The summed E-state index contributed by atoms with van der Waals surface area (Å²) < 4.78 is 2.09. The maximum absolute atomic E-state index is 13.7. The molecule has 6 heteroatoms. The number of carboxylic acid groups (broad SMARTS) is 1. The van der Waals surface area contributed by atoms with Gasteiger partial charge in [0.1, 0.15) is 0 Å². The van der Waals surface area contributed by atoms with Crippen LogP contribution in [0, 0.1) is 11.3 Å². The number of aromatic carboxylic acids is 1. The Morgan fingerprint density at radius 3 is 2.32 bits per heavy atom. The molecule has 0 aliphatic carbocycles. The van der Waals surface area contributed by atoms with Gasteiger partial charge in [0.25, 0.3) is 5.91 Å². The van der Waals surface area contributed by atoms with E-state index < -0.39 is 5.97 Å². The summed E-state index contributed by atoms with van der Waals surface area (Å²) in [6.45, 7) is 0.842. The monoisotopic (exact) mass is 535 g/mol. The largest absolute Gasteiger partial charge is 0.478 e. The van der Waals surface area contributed by atoms with Gasteiger partial charge in [-0.1, -0.05) is 60.7 Å². The van der Waals surface area contributed by atoms with Crippen LogP contribution in [0.4, 0.5) is 0 Å². The van der Waals surface area contributed by atoms with Gasteiger partial charge >= 0.3 is 5.97 Å². The predicted octanol–water partition coefficient (Wildman–Crippen LogP) is 7.01. The molecule has 0 radical (unpaired) electrons. The summed E-state index contributed by atoms with van der Waals surface area (Å²) in [5.41, 5.74) is 5.69. The molecule has 0 aliphatic rings. The van der Waals surface area contributed by atoms with Crippen LogP contribution in [0.5, 0.6) is 0 Å². The number of rotatable bonds is 7. The second kappa shape index (κ2) is 10.8. The Balaban J connectivity index is 1.39. The Hall–Kier alpha value is -5.67. The average Bonchev–Trinajstić information content (AvgIpc) is 3.42. The zero-order valence-electron chi connectivity index (χ0n) is 22.0. The third-order valence-corrected chi connectivity index (χ3v) is 7.25. The van der Waals surface area contributed by atoms with Crippen molar-refractivity contribution in [2.24, 2.45) is 0 Å². The first kappa shape index (κ1) is 25.6. The Kier molecular flexibility index (Phi) is 6.76. The Labute approximate surface area is 236 Å². The Morgan fingerprint density at radius 2 is 1.54 bits per heavy atom. The number of carboxylic acids is 1. The van der Waals surface area contributed by atoms with Crippen molar-refractivity contribution >= 4 is 33.6 Å². The number of hydrogen-bond donors (Lipinski definition) is 2. The lowest BCUT2D eigenvalue weighted by Gasteiger charge is -2.14. The van der Waals surface area contributed by atoms with Crippen LogP contribution < -0.4 is 5.32 Å². The molecule has 0 saturated heterocycles. The summed E-state index contributed by atoms with van der Waals surface area (Å²) in [5.74, 6) is -1.23. The molecule has 0 spiro atoms. The predicted molar refractivity (Wildman–Crippen MR) is 160 cm³/mol. The fourth-order valence-electron chi connectivity index (χ4n) is 5.17. The minimum Gasteiger partial charge on any atom is -0.478 e. The molecule has 0 fully saturated rings. The molecule has 198 valence electrons. The first-order valence-electron chi connectivity index (χ1n) is 13.2. The van der Waals surface area contributed by atoms with Gasteiger partial charge in [-0.05, 0) is 81.6 Å². The summed E-state index contributed by atoms with van der Waals surface area (Å²) in [6, 6.07) is 36.5. The first-order valence-corrected chi connectivity index (χ1v) is 13.2. The molecule has 0 aliphatic heterocycles. The van der Waals surface area contributed by atoms with Crippen molar-refractivity contribution in [1.82, 2.24) is 9.88 Å². The maximum atomic E-state index is 13.7. The number of nitrogens with zero attached hydrogens (tertiary/aromatic N) is 2. The SMILES string of the molecule is N#Cc1cccc(-c2cc(C(=O)NCc3ccc(C(=O)O)cc3)c3c(ccn3Cc3ccc4ccccc4c3)c2)c1. The van der Waals surface area contributed by atoms with E-state index in [9.17, 15) is 14.9 Å². The standard InChI is InChI=1S/C35H25N3O3/c36-20-24-4-3-7-29(16-24)31-18-30-14-15-38(22-25-10-11-26-5-1-2-6-28(26)17-25)33(30)32(19-31)34(39)37-21-23-8-12-27(13-9-23)35(40)41/h1-19H,21-22H2,(H,37,39)(H,40,41). The fraction of sp³-hybridized carbons (Fsp3) is 0.0571. The quantitative estimate of drug-likeness (QED) is 0.230. The van der Waals surface area contributed by atoms with Crippen LogP contribution in [0.2, 0.25) is 0 Å². The molecule has 6 rings (SSSR count). The lowest BCUT2D eigenvalue weighted by molar-refractivity contribution is 0.0696. The van der Waals surface area contributed by atoms with E-state index in [1.165, 1.54) is 17.5 Å². The van der Waals surface area contributed by atoms with E-state index in [4.69, 9.17) is 5.11 Å². The van der Waals surface area contributed by atoms with E-state index in [-0.39, 0.29) is 18.0 Å². The van der Waals surface area contributed by atoms with E-state index in [1.807, 2.05) is 54.7 Å². The van der Waals surface area contributed by atoms with Crippen LogP contribution in [0.15, 0.2) is 115 Å². The van der Waals surface area contributed by atoms with Crippen LogP contribution in [0.3, 0.4) is 0 Å². The lowest BCUT2D eigenvalue weighted by atomic mass is 9.98. The number of carbonyl (C=O) groups excluding carboxylic acids is 1. The van der Waals surface area contributed by atoms with Crippen LogP contribution in [0.1, 0.15) is 37.4 Å². The van der Waals surface area contributed by atoms with E-state index in [0.717, 1.165) is 38.5 Å². The number of fused-ring (bicyclic) bond motifs is 2. The van der Waals surface area contributed by atoms with Gasteiger partial charge in [0, 0.05) is 24.7 Å². The number of aromatic nitrogens is 1. The van der Waals surface area contributed by atoms with Crippen molar-refractivity contribution in [3.05, 3.63) is 143 Å². The highest BCUT2D eigenvalue weighted by Crippen LogP contribution is 2.30. The summed E-state index contributed by atoms with van der Waals surface area (Å²) in [4.78, 5) is 24.9. The highest BCUT2D eigenvalue weighted by molar-refractivity contribution is 6.08. The Morgan fingerprint density at radius 1 is 0.756 bits per heavy atom. The molecule has 1 aromatic heterocycles. The van der Waals surface area contributed by atoms with Crippen LogP contribution in [0.25, 0.3) is 32.8 Å². The number of nitrogens with one attached hydrogen (secondary N) is 1. The zero-order chi connectivity index (χ0) is 28.3. The van der Waals surface area contributed by atoms with E-state index in [2.05, 4.69) is 46.3 Å². The molecule has 6 nitrogen and oxygen atoms in total. The van der Waals surface area contributed by atoms with E-state index >= 15 is 0 Å². The second-order valence-electron chi connectivity index (χ2n) is 9.96. The number of carbonyl (C=O) groups is 2. The average molecular weight is 536 g/mol. The molecular formula is C35H25N3O3. The van der Waals surface area contributed by atoms with Crippen molar-refractivity contribution in [3.8, 4) is 17.2 Å². The molecule has 2 N–H and O–H groups in total. The molecular weight excluding hydrogens is 510 g/mol. The van der Waals surface area contributed by atoms with Gasteiger partial charge in [0.15, 0.2) is 0 Å². The normalized spacial score (nSPS) is 10.9. The summed E-state index contributed by atoms with van der Waals surface area (Å²) in [5, 5.41) is 24.8. The third-order valence-electron chi connectivity index (χ3n) is 7.25. The van der Waals surface area contributed by atoms with E-state index in [0.29, 0.717) is 17.7 Å². The molecule has 0 saturated carbocycles. The van der Waals surface area contributed by atoms with Gasteiger partial charge in [-0.25, -0.2) is 4.79 Å². The molecule has 1 amide bonds. The van der Waals surface area contributed by atoms with Crippen molar-refractivity contribution < 1.29 is 14.7 Å². The number of nitriles is 1. The van der Waals surface area contributed by atoms with Crippen LogP contribution in [-0.2, 0) is 13.1 Å². The number of hydrogen-bond acceptors (Lipinski definition) is 3. The van der Waals surface area contributed by atoms with Crippen molar-refractivity contribution in [2.45, 2.75) is 13.1 Å². The van der Waals surface area contributed by atoms with Crippen LogP contribution >= 0.6 is 0 Å². The minimum atomic E-state index is -0.993.